The normalized spacial score (nSPS) is 9.50. The van der Waals surface area contributed by atoms with Crippen molar-refractivity contribution in [2.45, 2.75) is 33.1 Å². The van der Waals surface area contributed by atoms with Gasteiger partial charge in [0, 0.05) is 0 Å². The third kappa shape index (κ3) is 7.21. The molecule has 0 aliphatic rings. The average Bonchev–Trinajstić information content (AvgIpc) is 1.97. The fourth-order valence-corrected chi connectivity index (χ4v) is 0.543. The number of hydrogen-bond acceptors (Lipinski definition) is 4. The van der Waals surface area contributed by atoms with E-state index in [0.29, 0.717) is 6.61 Å². The van der Waals surface area contributed by atoms with Crippen LogP contribution in [0.1, 0.15) is 33.1 Å². The van der Waals surface area contributed by atoms with Crippen molar-refractivity contribution in [3.63, 3.8) is 0 Å². The van der Waals surface area contributed by atoms with Crippen LogP contribution in [0, 0.1) is 0 Å². The summed E-state index contributed by atoms with van der Waals surface area (Å²) in [5, 5.41) is 0. The minimum atomic E-state index is -0.626. The Hall–Kier alpha value is -0.900. The van der Waals surface area contributed by atoms with Gasteiger partial charge < -0.3 is 0 Å². The van der Waals surface area contributed by atoms with Gasteiger partial charge in [-0.3, -0.25) is 9.68 Å². The van der Waals surface area contributed by atoms with Crippen LogP contribution in [0.5, 0.6) is 0 Å². The Morgan fingerprint density at radius 2 is 2.00 bits per heavy atom. The van der Waals surface area contributed by atoms with E-state index in [-0.39, 0.29) is 12.2 Å². The van der Waals surface area contributed by atoms with Gasteiger partial charge in [-0.15, -0.1) is 0 Å². The summed E-state index contributed by atoms with van der Waals surface area (Å²) in [4.78, 5) is 29.9. The summed E-state index contributed by atoms with van der Waals surface area (Å²) in [6.07, 6.45) is 1.60. The molecule has 0 amide bonds. The molecule has 0 rings (SSSR count). The first-order chi connectivity index (χ1) is 5.66. The van der Waals surface area contributed by atoms with Crippen molar-refractivity contribution < 1.29 is 19.4 Å². The van der Waals surface area contributed by atoms with E-state index in [1.807, 2.05) is 6.92 Å². The molecule has 0 bridgehead atoms. The third-order valence-electron chi connectivity index (χ3n) is 1.13. The molecule has 0 saturated carbocycles. The van der Waals surface area contributed by atoms with Gasteiger partial charge in [0.25, 0.3) is 0 Å². The van der Waals surface area contributed by atoms with Gasteiger partial charge in [-0.2, -0.15) is 4.89 Å². The highest BCUT2D eigenvalue weighted by Gasteiger charge is 2.06. The Morgan fingerprint density at radius 1 is 1.33 bits per heavy atom. The summed E-state index contributed by atoms with van der Waals surface area (Å²) >= 11 is 0. The summed E-state index contributed by atoms with van der Waals surface area (Å²) < 4.78 is 0. The van der Waals surface area contributed by atoms with Crippen LogP contribution >= 0.6 is 0 Å². The summed E-state index contributed by atoms with van der Waals surface area (Å²) in [7, 11) is 0. The van der Waals surface area contributed by atoms with Crippen LogP contribution < -0.4 is 0 Å². The van der Waals surface area contributed by atoms with Crippen LogP contribution in [0.15, 0.2) is 0 Å². The molecule has 12 heavy (non-hydrogen) atoms. The number of rotatable bonds is 6. The Labute approximate surface area is 71.8 Å². The molecule has 4 nitrogen and oxygen atoms in total. The number of ketones is 1. The standard InChI is InChI=1S/C8H14O4/c1-3-4-5-11-12-8(10)6-7(2)9/h3-6H2,1-2H3. The highest BCUT2D eigenvalue weighted by atomic mass is 17.2. The van der Waals surface area contributed by atoms with Gasteiger partial charge in [-0.1, -0.05) is 13.3 Å². The van der Waals surface area contributed by atoms with Crippen LogP contribution in [-0.2, 0) is 19.4 Å². The van der Waals surface area contributed by atoms with E-state index in [9.17, 15) is 9.59 Å². The predicted octanol–water partition coefficient (Wildman–Crippen LogP) is 1.24. The number of hydrogen-bond donors (Lipinski definition) is 0. The fourth-order valence-electron chi connectivity index (χ4n) is 0.543. The molecule has 0 fully saturated rings. The third-order valence-corrected chi connectivity index (χ3v) is 1.13. The van der Waals surface area contributed by atoms with Crippen molar-refractivity contribution >= 4 is 11.8 Å². The lowest BCUT2D eigenvalue weighted by atomic mass is 10.3. The molecule has 4 heteroatoms. The van der Waals surface area contributed by atoms with E-state index in [2.05, 4.69) is 9.78 Å². The molecule has 0 unspecified atom stereocenters. The number of carbonyl (C=O) groups excluding carboxylic acids is 2. The lowest BCUT2D eigenvalue weighted by Crippen LogP contribution is -2.09. The smallest absolute Gasteiger partial charge is 0.299 e. The lowest BCUT2D eigenvalue weighted by Gasteiger charge is -2.00. The number of carbonyl (C=O) groups is 2. The van der Waals surface area contributed by atoms with Crippen LogP contribution in [0.25, 0.3) is 0 Å². The molecule has 0 aliphatic heterocycles. The lowest BCUT2D eigenvalue weighted by molar-refractivity contribution is -0.272. The summed E-state index contributed by atoms with van der Waals surface area (Å²) in [5.41, 5.74) is 0. The van der Waals surface area contributed by atoms with Crippen molar-refractivity contribution in [1.82, 2.24) is 0 Å². The van der Waals surface area contributed by atoms with E-state index in [1.165, 1.54) is 6.92 Å². The molecule has 0 saturated heterocycles. The average molecular weight is 174 g/mol. The van der Waals surface area contributed by atoms with E-state index >= 15 is 0 Å². The van der Waals surface area contributed by atoms with Gasteiger partial charge in [-0.25, -0.2) is 4.79 Å². The molecule has 0 radical (unpaired) electrons. The van der Waals surface area contributed by atoms with E-state index in [4.69, 9.17) is 0 Å². The highest BCUT2D eigenvalue weighted by Crippen LogP contribution is 1.92. The maximum Gasteiger partial charge on any atom is 0.349 e. The topological polar surface area (TPSA) is 52.6 Å². The zero-order valence-electron chi connectivity index (χ0n) is 7.46. The second-order valence-electron chi connectivity index (χ2n) is 2.51. The maximum atomic E-state index is 10.6. The van der Waals surface area contributed by atoms with Gasteiger partial charge in [-0.05, 0) is 13.3 Å². The van der Waals surface area contributed by atoms with Gasteiger partial charge in [0.15, 0.2) is 0 Å². The van der Waals surface area contributed by atoms with Crippen LogP contribution in [0.3, 0.4) is 0 Å². The maximum absolute atomic E-state index is 10.6. The van der Waals surface area contributed by atoms with E-state index in [0.717, 1.165) is 12.8 Å². The van der Waals surface area contributed by atoms with Gasteiger partial charge >= 0.3 is 5.97 Å². The monoisotopic (exact) mass is 174 g/mol. The molecule has 0 spiro atoms. The van der Waals surface area contributed by atoms with Crippen molar-refractivity contribution in [3.05, 3.63) is 0 Å². The Balaban J connectivity index is 3.26. The number of unbranched alkanes of at least 4 members (excludes halogenated alkanes) is 1. The summed E-state index contributed by atoms with van der Waals surface area (Å²) in [5.74, 6) is -0.849. The fraction of sp³-hybridized carbons (Fsp3) is 0.750. The molecule has 0 atom stereocenters. The molecule has 0 N–H and O–H groups in total. The Kier molecular flexibility index (Phi) is 6.28. The Morgan fingerprint density at radius 3 is 2.50 bits per heavy atom. The largest absolute Gasteiger partial charge is 0.349 e. The molecule has 0 aliphatic carbocycles. The van der Waals surface area contributed by atoms with E-state index in [1.54, 1.807) is 0 Å². The van der Waals surface area contributed by atoms with Gasteiger partial charge in [0.1, 0.15) is 12.2 Å². The number of Topliss-reactive ketones (excluding diaryl/α,β-unsaturated/α-hetero) is 1. The minimum absolute atomic E-state index is 0.216. The Bertz CT molecular complexity index is 153. The second kappa shape index (κ2) is 6.79. The molecule has 70 valence electrons. The van der Waals surface area contributed by atoms with Crippen LogP contribution in [-0.4, -0.2) is 18.4 Å². The van der Waals surface area contributed by atoms with Crippen molar-refractivity contribution in [2.24, 2.45) is 0 Å². The van der Waals surface area contributed by atoms with Crippen LogP contribution in [0.2, 0.25) is 0 Å². The molecular weight excluding hydrogens is 160 g/mol. The highest BCUT2D eigenvalue weighted by molar-refractivity contribution is 5.93. The zero-order chi connectivity index (χ0) is 9.40. The summed E-state index contributed by atoms with van der Waals surface area (Å²) in [6.45, 7) is 3.72. The summed E-state index contributed by atoms with van der Waals surface area (Å²) in [6, 6.07) is 0. The van der Waals surface area contributed by atoms with Crippen molar-refractivity contribution in [3.8, 4) is 0 Å². The zero-order valence-corrected chi connectivity index (χ0v) is 7.46. The first-order valence-corrected chi connectivity index (χ1v) is 3.98. The van der Waals surface area contributed by atoms with Gasteiger partial charge in [0.2, 0.25) is 0 Å². The molecule has 0 heterocycles. The molecule has 0 aromatic rings. The first-order valence-electron chi connectivity index (χ1n) is 3.98. The predicted molar refractivity (Wildman–Crippen MR) is 42.3 cm³/mol. The minimum Gasteiger partial charge on any atom is -0.299 e. The van der Waals surface area contributed by atoms with Crippen molar-refractivity contribution in [2.75, 3.05) is 6.61 Å². The van der Waals surface area contributed by atoms with Crippen LogP contribution in [0.4, 0.5) is 0 Å². The quantitative estimate of drug-likeness (QED) is 0.263. The second-order valence-corrected chi connectivity index (χ2v) is 2.51. The molecular formula is C8H14O4. The van der Waals surface area contributed by atoms with Gasteiger partial charge in [0.05, 0.1) is 6.61 Å². The van der Waals surface area contributed by atoms with Crippen molar-refractivity contribution in [1.29, 1.82) is 0 Å². The molecule has 0 aromatic heterocycles. The first kappa shape index (κ1) is 11.1. The SMILES string of the molecule is CCCCOOC(=O)CC(C)=O. The molecule has 0 aromatic carbocycles. The van der Waals surface area contributed by atoms with E-state index < -0.39 is 5.97 Å².